The predicted octanol–water partition coefficient (Wildman–Crippen LogP) is 1.33. The van der Waals surface area contributed by atoms with E-state index in [0.29, 0.717) is 29.6 Å². The summed E-state index contributed by atoms with van der Waals surface area (Å²) in [7, 11) is 1.71. The molecule has 1 aromatic carbocycles. The summed E-state index contributed by atoms with van der Waals surface area (Å²) in [6, 6.07) is 4.72. The molecule has 2 rings (SSSR count). The molecule has 0 spiro atoms. The Balaban J connectivity index is 2.13. The number of anilines is 1. The van der Waals surface area contributed by atoms with E-state index in [-0.39, 0.29) is 12.0 Å². The molecule has 5 heteroatoms. The lowest BCUT2D eigenvalue weighted by atomic mass is 10.1. The zero-order chi connectivity index (χ0) is 13.8. The Morgan fingerprint density at radius 3 is 3.00 bits per heavy atom. The van der Waals surface area contributed by atoms with Crippen LogP contribution >= 0.6 is 0 Å². The molecule has 102 valence electrons. The van der Waals surface area contributed by atoms with Gasteiger partial charge < -0.3 is 15.4 Å². The van der Waals surface area contributed by atoms with Crippen LogP contribution in [0.5, 0.6) is 0 Å². The summed E-state index contributed by atoms with van der Waals surface area (Å²) < 4.78 is 5.50. The van der Waals surface area contributed by atoms with Gasteiger partial charge in [0.05, 0.1) is 11.7 Å². The lowest BCUT2D eigenvalue weighted by molar-refractivity contribution is 0.0586. The molecule has 0 saturated carbocycles. The van der Waals surface area contributed by atoms with Crippen LogP contribution in [-0.4, -0.2) is 43.4 Å². The number of nitrogen functional groups attached to an aromatic ring is 1. The number of hydrogen-bond donors (Lipinski definition) is 1. The van der Waals surface area contributed by atoms with E-state index < -0.39 is 0 Å². The van der Waals surface area contributed by atoms with Gasteiger partial charge in [0.25, 0.3) is 5.91 Å². The van der Waals surface area contributed by atoms with Crippen molar-refractivity contribution in [1.82, 2.24) is 4.90 Å². The van der Waals surface area contributed by atoms with Crippen molar-refractivity contribution in [2.45, 2.75) is 18.9 Å². The number of likely N-dealkylation sites (N-methyl/N-ethyl adjacent to an activating group) is 1. The predicted molar refractivity (Wildman–Crippen MR) is 72.2 cm³/mol. The van der Waals surface area contributed by atoms with Crippen LogP contribution in [0, 0.1) is 0 Å². The number of amides is 1. The minimum Gasteiger partial charge on any atom is -0.399 e. The van der Waals surface area contributed by atoms with Crippen LogP contribution in [0.15, 0.2) is 18.2 Å². The molecule has 1 atom stereocenters. The summed E-state index contributed by atoms with van der Waals surface area (Å²) in [6.07, 6.45) is 2.77. The van der Waals surface area contributed by atoms with Crippen LogP contribution < -0.4 is 5.73 Å². The van der Waals surface area contributed by atoms with E-state index in [0.717, 1.165) is 19.4 Å². The number of aldehydes is 1. The fourth-order valence-corrected chi connectivity index (χ4v) is 2.24. The van der Waals surface area contributed by atoms with Crippen LogP contribution in [0.4, 0.5) is 5.69 Å². The summed E-state index contributed by atoms with van der Waals surface area (Å²) in [5.74, 6) is -0.204. The van der Waals surface area contributed by atoms with E-state index in [9.17, 15) is 9.59 Å². The topological polar surface area (TPSA) is 72.6 Å². The maximum absolute atomic E-state index is 12.3. The Bertz CT molecular complexity index is 482. The van der Waals surface area contributed by atoms with Gasteiger partial charge in [0.1, 0.15) is 0 Å². The first-order chi connectivity index (χ1) is 9.11. The minimum atomic E-state index is -0.204. The van der Waals surface area contributed by atoms with E-state index in [2.05, 4.69) is 0 Å². The van der Waals surface area contributed by atoms with Gasteiger partial charge in [0, 0.05) is 31.5 Å². The summed E-state index contributed by atoms with van der Waals surface area (Å²) >= 11 is 0. The van der Waals surface area contributed by atoms with Gasteiger partial charge in [-0.15, -0.1) is 0 Å². The molecule has 19 heavy (non-hydrogen) atoms. The molecule has 1 fully saturated rings. The van der Waals surface area contributed by atoms with E-state index in [1.165, 1.54) is 6.07 Å². The quantitative estimate of drug-likeness (QED) is 0.656. The Labute approximate surface area is 112 Å². The van der Waals surface area contributed by atoms with Crippen molar-refractivity contribution in [1.29, 1.82) is 0 Å². The Hall–Kier alpha value is -1.88. The van der Waals surface area contributed by atoms with Crippen LogP contribution in [0.3, 0.4) is 0 Å². The maximum atomic E-state index is 12.3. The highest BCUT2D eigenvalue weighted by atomic mass is 16.5. The van der Waals surface area contributed by atoms with Crippen molar-refractivity contribution in [3.63, 3.8) is 0 Å². The van der Waals surface area contributed by atoms with Crippen molar-refractivity contribution in [3.8, 4) is 0 Å². The number of carbonyl (C=O) groups excluding carboxylic acids is 2. The highest BCUT2D eigenvalue weighted by Gasteiger charge is 2.22. The lowest BCUT2D eigenvalue weighted by Crippen LogP contribution is -2.34. The first kappa shape index (κ1) is 13.5. The third kappa shape index (κ3) is 3.12. The van der Waals surface area contributed by atoms with Crippen molar-refractivity contribution < 1.29 is 14.3 Å². The van der Waals surface area contributed by atoms with E-state index >= 15 is 0 Å². The van der Waals surface area contributed by atoms with E-state index in [4.69, 9.17) is 10.5 Å². The molecule has 1 amide bonds. The molecule has 0 aromatic heterocycles. The second-order valence-electron chi connectivity index (χ2n) is 4.79. The Kier molecular flexibility index (Phi) is 4.16. The molecular formula is C14H18N2O3. The summed E-state index contributed by atoms with van der Waals surface area (Å²) in [4.78, 5) is 24.9. The van der Waals surface area contributed by atoms with Crippen LogP contribution in [-0.2, 0) is 4.74 Å². The number of nitrogens with zero attached hydrogens (tertiary/aromatic N) is 1. The van der Waals surface area contributed by atoms with Gasteiger partial charge >= 0.3 is 0 Å². The third-order valence-electron chi connectivity index (χ3n) is 3.28. The highest BCUT2D eigenvalue weighted by Crippen LogP contribution is 2.17. The zero-order valence-electron chi connectivity index (χ0n) is 11.0. The second-order valence-corrected chi connectivity index (χ2v) is 4.79. The van der Waals surface area contributed by atoms with E-state index in [1.807, 2.05) is 0 Å². The van der Waals surface area contributed by atoms with Crippen LogP contribution in [0.2, 0.25) is 0 Å². The number of rotatable bonds is 4. The molecule has 1 saturated heterocycles. The molecule has 1 aliphatic rings. The number of benzene rings is 1. The SMILES string of the molecule is CN(CC1CCCO1)C(=O)c1cc(N)ccc1C=O. The smallest absolute Gasteiger partial charge is 0.254 e. The summed E-state index contributed by atoms with van der Waals surface area (Å²) in [5, 5.41) is 0. The molecule has 1 unspecified atom stereocenters. The van der Waals surface area contributed by atoms with Gasteiger partial charge in [-0.3, -0.25) is 9.59 Å². The van der Waals surface area contributed by atoms with Gasteiger partial charge in [-0.25, -0.2) is 0 Å². The molecule has 0 aliphatic carbocycles. The molecular weight excluding hydrogens is 244 g/mol. The maximum Gasteiger partial charge on any atom is 0.254 e. The molecule has 1 heterocycles. The van der Waals surface area contributed by atoms with Crippen molar-refractivity contribution in [2.24, 2.45) is 0 Å². The van der Waals surface area contributed by atoms with Crippen molar-refractivity contribution >= 4 is 17.9 Å². The average Bonchev–Trinajstić information content (AvgIpc) is 2.90. The largest absolute Gasteiger partial charge is 0.399 e. The zero-order valence-corrected chi connectivity index (χ0v) is 11.0. The van der Waals surface area contributed by atoms with Crippen molar-refractivity contribution in [3.05, 3.63) is 29.3 Å². The van der Waals surface area contributed by atoms with Gasteiger partial charge in [-0.2, -0.15) is 0 Å². The second kappa shape index (κ2) is 5.84. The summed E-state index contributed by atoms with van der Waals surface area (Å²) in [5.41, 5.74) is 6.85. The van der Waals surface area contributed by atoms with Crippen molar-refractivity contribution in [2.75, 3.05) is 25.9 Å². The number of hydrogen-bond acceptors (Lipinski definition) is 4. The minimum absolute atomic E-state index is 0.0923. The van der Waals surface area contributed by atoms with E-state index in [1.54, 1.807) is 24.1 Å². The molecule has 5 nitrogen and oxygen atoms in total. The molecule has 1 aliphatic heterocycles. The standard InChI is InChI=1S/C14H18N2O3/c1-16(8-12-3-2-6-19-12)14(18)13-7-11(15)5-4-10(13)9-17/h4-5,7,9,12H,2-3,6,8,15H2,1H3. The Morgan fingerprint density at radius 2 is 2.37 bits per heavy atom. The fraction of sp³-hybridized carbons (Fsp3) is 0.429. The normalized spacial score (nSPS) is 18.3. The monoisotopic (exact) mass is 262 g/mol. The number of nitrogens with two attached hydrogens (primary N) is 1. The summed E-state index contributed by atoms with van der Waals surface area (Å²) in [6.45, 7) is 1.29. The molecule has 0 radical (unpaired) electrons. The van der Waals surface area contributed by atoms with Gasteiger partial charge in [0.15, 0.2) is 6.29 Å². The highest BCUT2D eigenvalue weighted by molar-refractivity contribution is 6.02. The molecule has 1 aromatic rings. The van der Waals surface area contributed by atoms with Gasteiger partial charge in [0.2, 0.25) is 0 Å². The fourth-order valence-electron chi connectivity index (χ4n) is 2.24. The van der Waals surface area contributed by atoms with Gasteiger partial charge in [-0.1, -0.05) is 0 Å². The van der Waals surface area contributed by atoms with Crippen LogP contribution in [0.1, 0.15) is 33.6 Å². The third-order valence-corrected chi connectivity index (χ3v) is 3.28. The first-order valence-electron chi connectivity index (χ1n) is 6.33. The average molecular weight is 262 g/mol. The lowest BCUT2D eigenvalue weighted by Gasteiger charge is -2.21. The first-order valence-corrected chi connectivity index (χ1v) is 6.33. The Morgan fingerprint density at radius 1 is 1.58 bits per heavy atom. The molecule has 2 N–H and O–H groups in total. The van der Waals surface area contributed by atoms with Gasteiger partial charge in [-0.05, 0) is 31.0 Å². The number of ether oxygens (including phenoxy) is 1. The van der Waals surface area contributed by atoms with Crippen LogP contribution in [0.25, 0.3) is 0 Å². The number of carbonyl (C=O) groups is 2. The molecule has 0 bridgehead atoms.